The maximum Gasteiger partial charge on any atom is 0.154 e. The second-order valence-electron chi connectivity index (χ2n) is 5.04. The summed E-state index contributed by atoms with van der Waals surface area (Å²) in [5.74, 6) is 3.10. The Balaban J connectivity index is 1.82. The molecule has 1 aliphatic heterocycles. The van der Waals surface area contributed by atoms with Crippen LogP contribution in [0.2, 0.25) is 0 Å². The van der Waals surface area contributed by atoms with Gasteiger partial charge in [0.2, 0.25) is 0 Å². The van der Waals surface area contributed by atoms with Gasteiger partial charge in [-0.05, 0) is 26.2 Å². The predicted octanol–water partition coefficient (Wildman–Crippen LogP) is 1.70. The Morgan fingerprint density at radius 2 is 2.19 bits per heavy atom. The maximum atomic E-state index is 11.4. The zero-order chi connectivity index (χ0) is 11.1. The van der Waals surface area contributed by atoms with E-state index in [-0.39, 0.29) is 5.92 Å². The van der Waals surface area contributed by atoms with Crippen LogP contribution >= 0.6 is 0 Å². The van der Waals surface area contributed by atoms with Crippen molar-refractivity contribution in [2.45, 2.75) is 51.5 Å². The van der Waals surface area contributed by atoms with Crippen molar-refractivity contribution < 1.29 is 4.79 Å². The molecule has 0 spiro atoms. The summed E-state index contributed by atoms with van der Waals surface area (Å²) in [4.78, 5) is 16.0. The van der Waals surface area contributed by atoms with E-state index < -0.39 is 0 Å². The van der Waals surface area contributed by atoms with Crippen molar-refractivity contribution in [2.24, 2.45) is 5.92 Å². The Morgan fingerprint density at radius 1 is 1.38 bits per heavy atom. The second-order valence-corrected chi connectivity index (χ2v) is 5.04. The summed E-state index contributed by atoms with van der Waals surface area (Å²) in [6.07, 6.45) is 5.49. The highest BCUT2D eigenvalue weighted by molar-refractivity contribution is 5.78. The van der Waals surface area contributed by atoms with E-state index in [0.29, 0.717) is 11.7 Å². The lowest BCUT2D eigenvalue weighted by molar-refractivity contribution is -0.121. The highest BCUT2D eigenvalue weighted by Crippen LogP contribution is 2.35. The summed E-state index contributed by atoms with van der Waals surface area (Å²) in [6, 6.07) is 0. The predicted molar refractivity (Wildman–Crippen MR) is 59.1 cm³/mol. The van der Waals surface area contributed by atoms with Crippen LogP contribution in [0.25, 0.3) is 0 Å². The Kier molecular flexibility index (Phi) is 2.30. The van der Waals surface area contributed by atoms with Crippen LogP contribution in [-0.2, 0) is 17.8 Å². The molecule has 1 aromatic heterocycles. The average Bonchev–Trinajstić information content (AvgIpc) is 2.56. The normalized spacial score (nSPS) is 24.9. The van der Waals surface area contributed by atoms with Gasteiger partial charge in [0.05, 0.1) is 0 Å². The Hall–Kier alpha value is -1.19. The fourth-order valence-electron chi connectivity index (χ4n) is 2.51. The van der Waals surface area contributed by atoms with Crippen LogP contribution in [0.4, 0.5) is 0 Å². The minimum absolute atomic E-state index is 0.172. The number of carbonyl (C=O) groups is 1. The van der Waals surface area contributed by atoms with Gasteiger partial charge in [-0.15, -0.1) is 0 Å². The monoisotopic (exact) mass is 219 g/mol. The highest BCUT2D eigenvalue weighted by atomic mass is 16.1. The molecular weight excluding hydrogens is 202 g/mol. The largest absolute Gasteiger partial charge is 0.300 e. The fraction of sp³-hybridized carbons (Fsp3) is 0.750. The number of nitrogens with zero attached hydrogens (tertiary/aromatic N) is 3. The molecule has 0 N–H and O–H groups in total. The van der Waals surface area contributed by atoms with Crippen molar-refractivity contribution in [1.29, 1.82) is 0 Å². The summed E-state index contributed by atoms with van der Waals surface area (Å²) in [5, 5.41) is 4.56. The van der Waals surface area contributed by atoms with Crippen LogP contribution in [0.15, 0.2) is 0 Å². The molecule has 1 aromatic rings. The summed E-state index contributed by atoms with van der Waals surface area (Å²) >= 11 is 0. The van der Waals surface area contributed by atoms with Crippen LogP contribution in [-0.4, -0.2) is 20.5 Å². The first-order valence-corrected chi connectivity index (χ1v) is 6.18. The van der Waals surface area contributed by atoms with Gasteiger partial charge in [-0.1, -0.05) is 6.42 Å². The molecular formula is C12H17N3O. The number of hydrogen-bond acceptors (Lipinski definition) is 3. The molecule has 0 bridgehead atoms. The van der Waals surface area contributed by atoms with E-state index in [4.69, 9.17) is 0 Å². The second kappa shape index (κ2) is 3.68. The van der Waals surface area contributed by atoms with Gasteiger partial charge in [0.15, 0.2) is 5.82 Å². The standard InChI is InChI=1S/C12H17N3O/c1-8(16)10-5-6-15-11(7-10)13-12(14-15)9-3-2-4-9/h9-10H,2-7H2,1H3. The number of rotatable bonds is 2. The van der Waals surface area contributed by atoms with Crippen molar-refractivity contribution in [3.05, 3.63) is 11.6 Å². The molecule has 86 valence electrons. The van der Waals surface area contributed by atoms with Crippen molar-refractivity contribution in [2.75, 3.05) is 0 Å². The lowest BCUT2D eigenvalue weighted by Crippen LogP contribution is -2.24. The van der Waals surface area contributed by atoms with E-state index in [1.165, 1.54) is 19.3 Å². The van der Waals surface area contributed by atoms with Gasteiger partial charge in [-0.3, -0.25) is 4.79 Å². The third-order valence-electron chi connectivity index (χ3n) is 3.93. The van der Waals surface area contributed by atoms with Crippen molar-refractivity contribution >= 4 is 5.78 Å². The van der Waals surface area contributed by atoms with Gasteiger partial charge in [0, 0.05) is 24.8 Å². The van der Waals surface area contributed by atoms with E-state index in [1.807, 2.05) is 4.68 Å². The lowest BCUT2D eigenvalue weighted by Gasteiger charge is -2.21. The van der Waals surface area contributed by atoms with E-state index in [2.05, 4.69) is 10.1 Å². The van der Waals surface area contributed by atoms with Crippen LogP contribution in [0.3, 0.4) is 0 Å². The van der Waals surface area contributed by atoms with E-state index in [9.17, 15) is 4.79 Å². The Morgan fingerprint density at radius 3 is 2.81 bits per heavy atom. The van der Waals surface area contributed by atoms with Crippen molar-refractivity contribution in [1.82, 2.24) is 14.8 Å². The zero-order valence-electron chi connectivity index (χ0n) is 9.65. The topological polar surface area (TPSA) is 47.8 Å². The first kappa shape index (κ1) is 10.00. The first-order valence-electron chi connectivity index (χ1n) is 6.18. The number of hydrogen-bond donors (Lipinski definition) is 0. The molecule has 4 heteroatoms. The molecule has 16 heavy (non-hydrogen) atoms. The molecule has 0 aromatic carbocycles. The minimum atomic E-state index is 0.172. The third kappa shape index (κ3) is 1.56. The highest BCUT2D eigenvalue weighted by Gasteiger charge is 2.28. The van der Waals surface area contributed by atoms with Gasteiger partial charge in [-0.2, -0.15) is 5.10 Å². The minimum Gasteiger partial charge on any atom is -0.300 e. The summed E-state index contributed by atoms with van der Waals surface area (Å²) in [6.45, 7) is 2.54. The van der Waals surface area contributed by atoms with Crippen LogP contribution in [0.1, 0.15) is 50.2 Å². The molecule has 2 heterocycles. The molecule has 1 fully saturated rings. The summed E-state index contributed by atoms with van der Waals surface area (Å²) < 4.78 is 2.01. The number of fused-ring (bicyclic) bond motifs is 1. The molecule has 0 radical (unpaired) electrons. The molecule has 2 aliphatic rings. The molecule has 1 unspecified atom stereocenters. The first-order chi connectivity index (χ1) is 7.74. The molecule has 0 amide bonds. The van der Waals surface area contributed by atoms with Crippen LogP contribution < -0.4 is 0 Å². The molecule has 1 aliphatic carbocycles. The Labute approximate surface area is 95.1 Å². The third-order valence-corrected chi connectivity index (χ3v) is 3.93. The number of aromatic nitrogens is 3. The molecule has 0 saturated heterocycles. The van der Waals surface area contributed by atoms with E-state index in [0.717, 1.165) is 31.0 Å². The summed E-state index contributed by atoms with van der Waals surface area (Å²) in [7, 11) is 0. The maximum absolute atomic E-state index is 11.4. The SMILES string of the molecule is CC(=O)C1CCn2nc(C3CCC3)nc2C1. The Bertz CT molecular complexity index is 420. The van der Waals surface area contributed by atoms with Gasteiger partial charge < -0.3 is 0 Å². The fourth-order valence-corrected chi connectivity index (χ4v) is 2.51. The number of Topliss-reactive ketones (excluding diaryl/α,β-unsaturated/α-hetero) is 1. The van der Waals surface area contributed by atoms with Gasteiger partial charge >= 0.3 is 0 Å². The number of carbonyl (C=O) groups excluding carboxylic acids is 1. The van der Waals surface area contributed by atoms with Crippen LogP contribution in [0.5, 0.6) is 0 Å². The average molecular weight is 219 g/mol. The zero-order valence-corrected chi connectivity index (χ0v) is 9.65. The smallest absolute Gasteiger partial charge is 0.154 e. The van der Waals surface area contributed by atoms with E-state index >= 15 is 0 Å². The quantitative estimate of drug-likeness (QED) is 0.760. The van der Waals surface area contributed by atoms with Gasteiger partial charge in [-0.25, -0.2) is 9.67 Å². The number of aryl methyl sites for hydroxylation is 1. The van der Waals surface area contributed by atoms with Crippen molar-refractivity contribution in [3.63, 3.8) is 0 Å². The van der Waals surface area contributed by atoms with Gasteiger partial charge in [0.25, 0.3) is 0 Å². The van der Waals surface area contributed by atoms with Gasteiger partial charge in [0.1, 0.15) is 11.6 Å². The van der Waals surface area contributed by atoms with Crippen LogP contribution in [0, 0.1) is 5.92 Å². The number of ketones is 1. The molecule has 3 rings (SSSR count). The van der Waals surface area contributed by atoms with E-state index in [1.54, 1.807) is 6.92 Å². The lowest BCUT2D eigenvalue weighted by atomic mass is 9.85. The summed E-state index contributed by atoms with van der Waals surface area (Å²) in [5.41, 5.74) is 0. The molecule has 1 saturated carbocycles. The van der Waals surface area contributed by atoms with Crippen molar-refractivity contribution in [3.8, 4) is 0 Å². The molecule has 4 nitrogen and oxygen atoms in total. The molecule has 1 atom stereocenters.